The van der Waals surface area contributed by atoms with Gasteiger partial charge in [0, 0.05) is 48.3 Å². The topological polar surface area (TPSA) is 55.2 Å². The third-order valence-corrected chi connectivity index (χ3v) is 3.91. The molecule has 100 valence electrons. The molecule has 2 aromatic heterocycles. The molecular formula is C12H12BrN3O2S. The molecule has 0 N–H and O–H groups in total. The monoisotopic (exact) mass is 341 g/mol. The summed E-state index contributed by atoms with van der Waals surface area (Å²) in [4.78, 5) is 29.1. The van der Waals surface area contributed by atoms with Crippen LogP contribution >= 0.6 is 27.3 Å². The smallest absolute Gasteiger partial charge is 0.250 e. The number of carbonyl (C=O) groups excluding carboxylic acids is 1. The van der Waals surface area contributed by atoms with Crippen LogP contribution in [0, 0.1) is 0 Å². The maximum absolute atomic E-state index is 12.0. The highest BCUT2D eigenvalue weighted by Gasteiger charge is 2.13. The lowest BCUT2D eigenvalue weighted by atomic mass is 10.3. The molecule has 5 nitrogen and oxygen atoms in total. The molecule has 0 aliphatic rings. The lowest BCUT2D eigenvalue weighted by Gasteiger charge is -2.14. The van der Waals surface area contributed by atoms with Crippen molar-refractivity contribution in [3.8, 4) is 0 Å². The summed E-state index contributed by atoms with van der Waals surface area (Å²) in [6, 6.07) is 3.15. The molecule has 0 saturated carbocycles. The Kier molecular flexibility index (Phi) is 4.49. The summed E-state index contributed by atoms with van der Waals surface area (Å²) in [5, 5.41) is 2.48. The zero-order valence-corrected chi connectivity index (χ0v) is 12.6. The lowest BCUT2D eigenvalue weighted by Crippen LogP contribution is -2.28. The Hall–Kier alpha value is -1.47. The number of carbonyl (C=O) groups is 1. The van der Waals surface area contributed by atoms with E-state index in [9.17, 15) is 9.59 Å². The molecule has 0 unspecified atom stereocenters. The molecule has 0 aromatic carbocycles. The van der Waals surface area contributed by atoms with Gasteiger partial charge in [0.2, 0.25) is 5.91 Å². The minimum Gasteiger partial charge on any atom is -0.314 e. The number of amides is 1. The number of hydrogen-bond acceptors (Lipinski definition) is 4. The van der Waals surface area contributed by atoms with Gasteiger partial charge >= 0.3 is 0 Å². The van der Waals surface area contributed by atoms with Crippen LogP contribution in [0.2, 0.25) is 0 Å². The molecule has 7 heteroatoms. The number of anilines is 1. The molecule has 2 heterocycles. The van der Waals surface area contributed by atoms with E-state index in [2.05, 4.69) is 20.9 Å². The van der Waals surface area contributed by atoms with Crippen LogP contribution in [0.3, 0.4) is 0 Å². The zero-order valence-electron chi connectivity index (χ0n) is 10.2. The molecule has 19 heavy (non-hydrogen) atoms. The summed E-state index contributed by atoms with van der Waals surface area (Å²) in [5.41, 5.74) is -0.118. The maximum Gasteiger partial charge on any atom is 0.250 e. The van der Waals surface area contributed by atoms with Gasteiger partial charge < -0.3 is 4.57 Å². The van der Waals surface area contributed by atoms with Crippen molar-refractivity contribution < 1.29 is 4.79 Å². The fourth-order valence-corrected chi connectivity index (χ4v) is 2.55. The molecular weight excluding hydrogens is 330 g/mol. The first-order valence-corrected chi connectivity index (χ1v) is 7.27. The summed E-state index contributed by atoms with van der Waals surface area (Å²) in [6.45, 7) is 0.354. The SMILES string of the molecule is CN(C(=O)CCn1cc(Br)ccc1=O)c1nccs1. The maximum atomic E-state index is 12.0. The van der Waals surface area contributed by atoms with Gasteiger partial charge in [0.1, 0.15) is 0 Å². The highest BCUT2D eigenvalue weighted by molar-refractivity contribution is 9.10. The Morgan fingerprint density at radius 2 is 2.32 bits per heavy atom. The van der Waals surface area contributed by atoms with Crippen LogP contribution in [0.5, 0.6) is 0 Å². The average Bonchev–Trinajstić information content (AvgIpc) is 2.92. The minimum atomic E-state index is -0.118. The van der Waals surface area contributed by atoms with E-state index in [0.717, 1.165) is 4.47 Å². The van der Waals surface area contributed by atoms with Crippen LogP contribution < -0.4 is 10.5 Å². The number of hydrogen-bond donors (Lipinski definition) is 0. The molecule has 0 radical (unpaired) electrons. The molecule has 1 amide bonds. The van der Waals surface area contributed by atoms with Crippen molar-refractivity contribution in [3.63, 3.8) is 0 Å². The van der Waals surface area contributed by atoms with Gasteiger partial charge in [-0.15, -0.1) is 11.3 Å². The molecule has 0 fully saturated rings. The molecule has 0 bridgehead atoms. The number of thiazole rings is 1. The van der Waals surface area contributed by atoms with Crippen molar-refractivity contribution in [1.82, 2.24) is 9.55 Å². The van der Waals surface area contributed by atoms with Crippen LogP contribution in [0.15, 0.2) is 39.2 Å². The second-order valence-corrected chi connectivity index (χ2v) is 5.69. The molecule has 0 spiro atoms. The molecule has 0 aliphatic heterocycles. The van der Waals surface area contributed by atoms with Crippen molar-refractivity contribution >= 4 is 38.3 Å². The predicted octanol–water partition coefficient (Wildman–Crippen LogP) is 2.12. The van der Waals surface area contributed by atoms with Gasteiger partial charge in [-0.2, -0.15) is 0 Å². The number of nitrogens with zero attached hydrogens (tertiary/aromatic N) is 3. The van der Waals surface area contributed by atoms with Crippen molar-refractivity contribution in [2.24, 2.45) is 0 Å². The van der Waals surface area contributed by atoms with Crippen molar-refractivity contribution in [2.45, 2.75) is 13.0 Å². The lowest BCUT2D eigenvalue weighted by molar-refractivity contribution is -0.118. The first-order valence-electron chi connectivity index (χ1n) is 5.60. The first-order chi connectivity index (χ1) is 9.08. The first kappa shape index (κ1) is 14.0. The Morgan fingerprint density at radius 1 is 1.53 bits per heavy atom. The van der Waals surface area contributed by atoms with Gasteiger partial charge in [-0.05, 0) is 22.0 Å². The van der Waals surface area contributed by atoms with Gasteiger partial charge in [-0.1, -0.05) is 0 Å². The summed E-state index contributed by atoms with van der Waals surface area (Å²) >= 11 is 4.70. The molecule has 0 atom stereocenters. The highest BCUT2D eigenvalue weighted by atomic mass is 79.9. The summed E-state index contributed by atoms with van der Waals surface area (Å²) in [6.07, 6.45) is 3.59. The number of halogens is 1. The normalized spacial score (nSPS) is 10.4. The number of aromatic nitrogens is 2. The summed E-state index contributed by atoms with van der Waals surface area (Å²) in [5.74, 6) is -0.0678. The zero-order chi connectivity index (χ0) is 13.8. The van der Waals surface area contributed by atoms with Crippen LogP contribution in [0.4, 0.5) is 5.13 Å². The van der Waals surface area contributed by atoms with Crippen LogP contribution in [-0.2, 0) is 11.3 Å². The fraction of sp³-hybridized carbons (Fsp3) is 0.250. The Labute approximate surface area is 122 Å². The van der Waals surface area contributed by atoms with Gasteiger partial charge in [-0.3, -0.25) is 14.5 Å². The fourth-order valence-electron chi connectivity index (χ4n) is 1.55. The molecule has 2 aromatic rings. The van der Waals surface area contributed by atoms with Crippen LogP contribution in [0.1, 0.15) is 6.42 Å². The Bertz CT molecular complexity index is 624. The van der Waals surface area contributed by atoms with E-state index in [4.69, 9.17) is 0 Å². The number of aryl methyl sites for hydroxylation is 1. The number of rotatable bonds is 4. The Morgan fingerprint density at radius 3 is 3.00 bits per heavy atom. The third kappa shape index (κ3) is 3.51. The largest absolute Gasteiger partial charge is 0.314 e. The van der Waals surface area contributed by atoms with E-state index >= 15 is 0 Å². The van der Waals surface area contributed by atoms with Gasteiger partial charge in [0.25, 0.3) is 5.56 Å². The van der Waals surface area contributed by atoms with Gasteiger partial charge in [0.15, 0.2) is 5.13 Å². The van der Waals surface area contributed by atoms with Gasteiger partial charge in [-0.25, -0.2) is 4.98 Å². The van der Waals surface area contributed by atoms with E-state index in [1.54, 1.807) is 25.5 Å². The average molecular weight is 342 g/mol. The minimum absolute atomic E-state index is 0.0678. The standard InChI is InChI=1S/C12H12BrN3O2S/c1-15(12-14-5-7-19-12)10(17)4-6-16-8-9(13)2-3-11(16)18/h2-3,5,7-8H,4,6H2,1H3. The second kappa shape index (κ2) is 6.12. The quantitative estimate of drug-likeness (QED) is 0.855. The van der Waals surface area contributed by atoms with Crippen molar-refractivity contribution in [3.05, 3.63) is 44.7 Å². The van der Waals surface area contributed by atoms with Crippen molar-refractivity contribution in [2.75, 3.05) is 11.9 Å². The predicted molar refractivity (Wildman–Crippen MR) is 78.5 cm³/mol. The van der Waals surface area contributed by atoms with Crippen LogP contribution in [0.25, 0.3) is 0 Å². The van der Waals surface area contributed by atoms with E-state index in [0.29, 0.717) is 11.7 Å². The summed E-state index contributed by atoms with van der Waals surface area (Å²) in [7, 11) is 1.69. The second-order valence-electron chi connectivity index (χ2n) is 3.90. The van der Waals surface area contributed by atoms with E-state index < -0.39 is 0 Å². The highest BCUT2D eigenvalue weighted by Crippen LogP contribution is 2.16. The van der Waals surface area contributed by atoms with E-state index in [1.165, 1.54) is 26.9 Å². The van der Waals surface area contributed by atoms with Crippen molar-refractivity contribution in [1.29, 1.82) is 0 Å². The third-order valence-electron chi connectivity index (χ3n) is 2.59. The molecule has 2 rings (SSSR count). The molecule has 0 saturated heterocycles. The van der Waals surface area contributed by atoms with Crippen LogP contribution in [-0.4, -0.2) is 22.5 Å². The Balaban J connectivity index is 2.01. The number of pyridine rings is 1. The van der Waals surface area contributed by atoms with E-state index in [-0.39, 0.29) is 17.9 Å². The molecule has 0 aliphatic carbocycles. The summed E-state index contributed by atoms with van der Waals surface area (Å²) < 4.78 is 2.32. The van der Waals surface area contributed by atoms with E-state index in [1.807, 2.05) is 5.38 Å². The van der Waals surface area contributed by atoms with Gasteiger partial charge in [0.05, 0.1) is 0 Å².